The second-order valence-corrected chi connectivity index (χ2v) is 9.71. The molecular weight excluding hydrogens is 420 g/mol. The summed E-state index contributed by atoms with van der Waals surface area (Å²) in [6.45, 7) is 0. The number of aromatic nitrogens is 3. The zero-order valence-electron chi connectivity index (χ0n) is 14.5. The van der Waals surface area contributed by atoms with E-state index in [4.69, 9.17) is 4.74 Å². The lowest BCUT2D eigenvalue weighted by Crippen LogP contribution is -2.33. The molecule has 0 aromatic carbocycles. The second-order valence-electron chi connectivity index (χ2n) is 6.86. The van der Waals surface area contributed by atoms with Gasteiger partial charge in [-0.2, -0.15) is 9.40 Å². The first-order chi connectivity index (χ1) is 12.5. The summed E-state index contributed by atoms with van der Waals surface area (Å²) in [5.74, 6) is 0.450. The molecule has 0 unspecified atom stereocenters. The van der Waals surface area contributed by atoms with Crippen molar-refractivity contribution in [3.05, 3.63) is 34.2 Å². The first-order valence-electron chi connectivity index (χ1n) is 8.79. The van der Waals surface area contributed by atoms with E-state index in [1.807, 2.05) is 0 Å². The Kier molecular flexibility index (Phi) is 4.79. The van der Waals surface area contributed by atoms with E-state index in [1.165, 1.54) is 10.5 Å². The Bertz CT molecular complexity index is 910. The minimum Gasteiger partial charge on any atom is -0.474 e. The van der Waals surface area contributed by atoms with Crippen LogP contribution in [0.15, 0.2) is 27.8 Å². The van der Waals surface area contributed by atoms with Crippen molar-refractivity contribution in [3.8, 4) is 5.88 Å². The van der Waals surface area contributed by atoms with Crippen LogP contribution in [0.25, 0.3) is 0 Å². The molecule has 0 amide bonds. The first kappa shape index (κ1) is 17.9. The number of hydrogen-bond donors (Lipinski definition) is 1. The SMILES string of the molecule is CN([C@@H]1CCCc2[nH]ncc21)S(=O)(=O)c1cnc(OC2CCC2)c(Br)c1. The highest BCUT2D eigenvalue weighted by Crippen LogP contribution is 2.36. The number of sulfonamides is 1. The van der Waals surface area contributed by atoms with Crippen molar-refractivity contribution in [1.29, 1.82) is 0 Å². The summed E-state index contributed by atoms with van der Waals surface area (Å²) in [6, 6.07) is 1.36. The quantitative estimate of drug-likeness (QED) is 0.770. The fraction of sp³-hybridized carbons (Fsp3) is 0.529. The number of nitrogens with zero attached hydrogens (tertiary/aromatic N) is 3. The highest BCUT2D eigenvalue weighted by molar-refractivity contribution is 9.10. The van der Waals surface area contributed by atoms with Crippen LogP contribution >= 0.6 is 15.9 Å². The molecule has 140 valence electrons. The topological polar surface area (TPSA) is 88.2 Å². The van der Waals surface area contributed by atoms with Crippen molar-refractivity contribution in [2.24, 2.45) is 0 Å². The molecular formula is C17H21BrN4O3S. The molecule has 0 saturated heterocycles. The zero-order chi connectivity index (χ0) is 18.3. The van der Waals surface area contributed by atoms with Crippen LogP contribution in [0, 0.1) is 0 Å². The summed E-state index contributed by atoms with van der Waals surface area (Å²) in [5.41, 5.74) is 1.98. The Hall–Kier alpha value is -1.45. The van der Waals surface area contributed by atoms with E-state index >= 15 is 0 Å². The molecule has 2 aliphatic rings. The van der Waals surface area contributed by atoms with Gasteiger partial charge in [-0.1, -0.05) is 0 Å². The van der Waals surface area contributed by atoms with Crippen molar-refractivity contribution in [2.45, 2.75) is 55.6 Å². The molecule has 0 bridgehead atoms. The van der Waals surface area contributed by atoms with Gasteiger partial charge in [0.05, 0.1) is 22.9 Å². The van der Waals surface area contributed by atoms with Crippen LogP contribution in [0.2, 0.25) is 0 Å². The van der Waals surface area contributed by atoms with Gasteiger partial charge in [0.1, 0.15) is 11.0 Å². The van der Waals surface area contributed by atoms with Crippen LogP contribution in [0.4, 0.5) is 0 Å². The van der Waals surface area contributed by atoms with Gasteiger partial charge < -0.3 is 4.74 Å². The van der Waals surface area contributed by atoms with Crippen LogP contribution in [0.1, 0.15) is 49.4 Å². The number of H-pyrrole nitrogens is 1. The molecule has 0 spiro atoms. The van der Waals surface area contributed by atoms with E-state index in [2.05, 4.69) is 31.1 Å². The number of halogens is 1. The molecule has 1 atom stereocenters. The molecule has 1 N–H and O–H groups in total. The van der Waals surface area contributed by atoms with Crippen molar-refractivity contribution in [3.63, 3.8) is 0 Å². The predicted molar refractivity (Wildman–Crippen MR) is 99.4 cm³/mol. The Morgan fingerprint density at radius 1 is 1.27 bits per heavy atom. The van der Waals surface area contributed by atoms with Gasteiger partial charge in [0, 0.05) is 18.3 Å². The highest BCUT2D eigenvalue weighted by atomic mass is 79.9. The van der Waals surface area contributed by atoms with E-state index in [0.717, 1.165) is 49.8 Å². The van der Waals surface area contributed by atoms with Gasteiger partial charge in [0.2, 0.25) is 15.9 Å². The van der Waals surface area contributed by atoms with E-state index in [9.17, 15) is 8.42 Å². The molecule has 26 heavy (non-hydrogen) atoms. The van der Waals surface area contributed by atoms with E-state index in [0.29, 0.717) is 10.4 Å². The molecule has 1 saturated carbocycles. The van der Waals surface area contributed by atoms with Crippen molar-refractivity contribution in [1.82, 2.24) is 19.5 Å². The molecule has 2 aliphatic carbocycles. The second kappa shape index (κ2) is 6.94. The summed E-state index contributed by atoms with van der Waals surface area (Å²) >= 11 is 3.40. The maximum absolute atomic E-state index is 13.1. The van der Waals surface area contributed by atoms with Crippen molar-refractivity contribution < 1.29 is 13.2 Å². The molecule has 9 heteroatoms. The van der Waals surface area contributed by atoms with E-state index in [-0.39, 0.29) is 17.0 Å². The van der Waals surface area contributed by atoms with Gasteiger partial charge in [-0.15, -0.1) is 0 Å². The van der Waals surface area contributed by atoms with Crippen LogP contribution in [-0.2, 0) is 16.4 Å². The molecule has 0 radical (unpaired) electrons. The van der Waals surface area contributed by atoms with Crippen LogP contribution in [-0.4, -0.2) is 41.1 Å². The summed E-state index contributed by atoms with van der Waals surface area (Å²) in [6.07, 6.45) is 9.10. The first-order valence-corrected chi connectivity index (χ1v) is 11.0. The average Bonchev–Trinajstić information content (AvgIpc) is 3.07. The number of aromatic amines is 1. The minimum atomic E-state index is -3.67. The van der Waals surface area contributed by atoms with Crippen molar-refractivity contribution in [2.75, 3.05) is 7.05 Å². The summed E-state index contributed by atoms with van der Waals surface area (Å²) in [7, 11) is -2.06. The average molecular weight is 441 g/mol. The third kappa shape index (κ3) is 3.16. The Balaban J connectivity index is 1.59. The molecule has 2 aromatic rings. The number of hydrogen-bond acceptors (Lipinski definition) is 5. The number of ether oxygens (including phenoxy) is 1. The van der Waals surface area contributed by atoms with Crippen LogP contribution in [0.5, 0.6) is 5.88 Å². The number of fused-ring (bicyclic) bond motifs is 1. The molecule has 4 rings (SSSR count). The lowest BCUT2D eigenvalue weighted by molar-refractivity contribution is 0.113. The molecule has 0 aliphatic heterocycles. The van der Waals surface area contributed by atoms with Crippen molar-refractivity contribution >= 4 is 26.0 Å². The lowest BCUT2D eigenvalue weighted by Gasteiger charge is -2.30. The monoisotopic (exact) mass is 440 g/mol. The van der Waals surface area contributed by atoms with E-state index < -0.39 is 10.0 Å². The Morgan fingerprint density at radius 2 is 2.08 bits per heavy atom. The fourth-order valence-electron chi connectivity index (χ4n) is 3.43. The normalized spacial score (nSPS) is 20.7. The molecule has 2 aromatic heterocycles. The van der Waals surface area contributed by atoms with Gasteiger partial charge in [0.15, 0.2) is 0 Å². The largest absolute Gasteiger partial charge is 0.474 e. The number of rotatable bonds is 5. The van der Waals surface area contributed by atoms with E-state index in [1.54, 1.807) is 19.3 Å². The molecule has 7 nitrogen and oxygen atoms in total. The summed E-state index contributed by atoms with van der Waals surface area (Å²) in [4.78, 5) is 4.39. The van der Waals surface area contributed by atoms with Crippen LogP contribution in [0.3, 0.4) is 0 Å². The van der Waals surface area contributed by atoms with Gasteiger partial charge >= 0.3 is 0 Å². The smallest absolute Gasteiger partial charge is 0.244 e. The Labute approximate surface area is 161 Å². The zero-order valence-corrected chi connectivity index (χ0v) is 16.9. The Morgan fingerprint density at radius 3 is 2.77 bits per heavy atom. The molecule has 2 heterocycles. The number of nitrogens with one attached hydrogen (secondary N) is 1. The number of aryl methyl sites for hydroxylation is 1. The van der Waals surface area contributed by atoms with Gasteiger partial charge in [-0.05, 0) is 60.5 Å². The standard InChI is InChI=1S/C17H21BrN4O3S/c1-22(16-7-3-6-15-13(16)10-20-21-15)26(23,24)12-8-14(18)17(19-9-12)25-11-4-2-5-11/h8-11,16H,2-7H2,1H3,(H,20,21)/t16-/m1/s1. The third-order valence-corrected chi connectivity index (χ3v) is 7.64. The van der Waals surface area contributed by atoms with Gasteiger partial charge in [-0.3, -0.25) is 5.10 Å². The lowest BCUT2D eigenvalue weighted by atomic mass is 9.93. The number of pyridine rings is 1. The third-order valence-electron chi connectivity index (χ3n) is 5.24. The molecule has 1 fully saturated rings. The maximum atomic E-state index is 13.1. The summed E-state index contributed by atoms with van der Waals surface area (Å²) in [5, 5.41) is 7.05. The predicted octanol–water partition coefficient (Wildman–Crippen LogP) is 3.20. The van der Waals surface area contributed by atoms with Crippen LogP contribution < -0.4 is 4.74 Å². The summed E-state index contributed by atoms with van der Waals surface area (Å²) < 4.78 is 34.0. The van der Waals surface area contributed by atoms with Gasteiger partial charge in [-0.25, -0.2) is 13.4 Å². The highest BCUT2D eigenvalue weighted by Gasteiger charge is 2.33. The van der Waals surface area contributed by atoms with Gasteiger partial charge in [0.25, 0.3) is 0 Å². The fourth-order valence-corrected chi connectivity index (χ4v) is 5.36. The maximum Gasteiger partial charge on any atom is 0.244 e. The minimum absolute atomic E-state index is 0.156.